The van der Waals surface area contributed by atoms with E-state index in [-0.39, 0.29) is 17.6 Å². The average molecular weight is 432 g/mol. The third-order valence-corrected chi connectivity index (χ3v) is 4.92. The summed E-state index contributed by atoms with van der Waals surface area (Å²) in [5.41, 5.74) is 3.51. The highest BCUT2D eigenvalue weighted by molar-refractivity contribution is 6.05. The van der Waals surface area contributed by atoms with Crippen LogP contribution >= 0.6 is 0 Å². The molecular weight excluding hydrogens is 408 g/mol. The SMILES string of the molecule is CCn1nccc1C(=O)Nc1cccc(NC(=O)c2ccc(Cn3nc(C)cc3C)o2)c1. The van der Waals surface area contributed by atoms with E-state index in [4.69, 9.17) is 4.42 Å². The van der Waals surface area contributed by atoms with Gasteiger partial charge in [0.1, 0.15) is 11.5 Å². The zero-order chi connectivity index (χ0) is 22.7. The lowest BCUT2D eigenvalue weighted by atomic mass is 10.2. The summed E-state index contributed by atoms with van der Waals surface area (Å²) < 4.78 is 9.14. The van der Waals surface area contributed by atoms with E-state index < -0.39 is 0 Å². The van der Waals surface area contributed by atoms with Crippen LogP contribution in [0.2, 0.25) is 0 Å². The zero-order valence-corrected chi connectivity index (χ0v) is 18.1. The van der Waals surface area contributed by atoms with Gasteiger partial charge in [-0.05, 0) is 63.2 Å². The standard InChI is InChI=1S/C23H24N6O3/c1-4-28-20(10-11-24-28)22(30)25-17-6-5-7-18(13-17)26-23(31)21-9-8-19(32-21)14-29-16(3)12-15(2)27-29/h5-13H,4,14H2,1-3H3,(H,25,30)(H,26,31). The Labute approximate surface area is 185 Å². The van der Waals surface area contributed by atoms with Crippen molar-refractivity contribution in [3.8, 4) is 0 Å². The van der Waals surface area contributed by atoms with Crippen LogP contribution in [0.4, 0.5) is 11.4 Å². The Morgan fingerprint density at radius 2 is 1.72 bits per heavy atom. The van der Waals surface area contributed by atoms with Crippen molar-refractivity contribution in [2.24, 2.45) is 0 Å². The van der Waals surface area contributed by atoms with Crippen LogP contribution in [0.3, 0.4) is 0 Å². The molecular formula is C23H24N6O3. The largest absolute Gasteiger partial charge is 0.454 e. The van der Waals surface area contributed by atoms with Crippen LogP contribution in [0, 0.1) is 13.8 Å². The molecule has 0 atom stereocenters. The van der Waals surface area contributed by atoms with Gasteiger partial charge in [0.15, 0.2) is 5.76 Å². The van der Waals surface area contributed by atoms with E-state index >= 15 is 0 Å². The molecule has 2 N–H and O–H groups in total. The molecule has 0 aliphatic heterocycles. The quantitative estimate of drug-likeness (QED) is 0.461. The molecule has 3 aromatic heterocycles. The summed E-state index contributed by atoms with van der Waals surface area (Å²) in [7, 11) is 0. The molecule has 32 heavy (non-hydrogen) atoms. The van der Waals surface area contributed by atoms with E-state index in [0.717, 1.165) is 11.4 Å². The highest BCUT2D eigenvalue weighted by atomic mass is 16.4. The molecule has 2 amide bonds. The minimum Gasteiger partial charge on any atom is -0.454 e. The fraction of sp³-hybridized carbons (Fsp3) is 0.217. The number of nitrogens with one attached hydrogen (secondary N) is 2. The van der Waals surface area contributed by atoms with Gasteiger partial charge in [0.25, 0.3) is 11.8 Å². The molecule has 3 heterocycles. The second kappa shape index (κ2) is 8.93. The summed E-state index contributed by atoms with van der Waals surface area (Å²) in [5, 5.41) is 14.1. The number of amides is 2. The van der Waals surface area contributed by atoms with Crippen molar-refractivity contribution < 1.29 is 14.0 Å². The van der Waals surface area contributed by atoms with Gasteiger partial charge in [0.2, 0.25) is 0 Å². The van der Waals surface area contributed by atoms with E-state index in [1.807, 2.05) is 31.5 Å². The molecule has 0 saturated heterocycles. The van der Waals surface area contributed by atoms with Crippen LogP contribution in [-0.4, -0.2) is 31.4 Å². The second-order valence-electron chi connectivity index (χ2n) is 7.37. The lowest BCUT2D eigenvalue weighted by Gasteiger charge is -2.09. The van der Waals surface area contributed by atoms with Gasteiger partial charge in [-0.25, -0.2) is 0 Å². The number of carbonyl (C=O) groups excluding carboxylic acids is 2. The first-order chi connectivity index (χ1) is 15.4. The van der Waals surface area contributed by atoms with Gasteiger partial charge in [-0.1, -0.05) is 6.07 Å². The first-order valence-corrected chi connectivity index (χ1v) is 10.3. The lowest BCUT2D eigenvalue weighted by Crippen LogP contribution is -2.17. The molecule has 0 saturated carbocycles. The number of hydrogen-bond donors (Lipinski definition) is 2. The fourth-order valence-electron chi connectivity index (χ4n) is 3.41. The van der Waals surface area contributed by atoms with Gasteiger partial charge in [-0.2, -0.15) is 10.2 Å². The normalized spacial score (nSPS) is 10.8. The molecule has 0 spiro atoms. The minimum atomic E-state index is -0.378. The third-order valence-electron chi connectivity index (χ3n) is 4.92. The fourth-order valence-corrected chi connectivity index (χ4v) is 3.41. The molecule has 9 nitrogen and oxygen atoms in total. The first kappa shape index (κ1) is 21.1. The number of carbonyl (C=O) groups is 2. The molecule has 1 aromatic carbocycles. The van der Waals surface area contributed by atoms with Crippen LogP contribution in [0.1, 0.15) is 45.1 Å². The average Bonchev–Trinajstić information content (AvgIpc) is 3.49. The van der Waals surface area contributed by atoms with Crippen LogP contribution in [0.5, 0.6) is 0 Å². The van der Waals surface area contributed by atoms with Crippen molar-refractivity contribution >= 4 is 23.2 Å². The Hall–Kier alpha value is -4.14. The molecule has 4 rings (SSSR count). The highest BCUT2D eigenvalue weighted by Gasteiger charge is 2.14. The third kappa shape index (κ3) is 4.61. The molecule has 0 bridgehead atoms. The smallest absolute Gasteiger partial charge is 0.291 e. The monoisotopic (exact) mass is 432 g/mol. The van der Waals surface area contributed by atoms with Crippen LogP contribution in [0.25, 0.3) is 0 Å². The Morgan fingerprint density at radius 1 is 0.969 bits per heavy atom. The van der Waals surface area contributed by atoms with Crippen molar-refractivity contribution in [2.75, 3.05) is 10.6 Å². The predicted molar refractivity (Wildman–Crippen MR) is 120 cm³/mol. The van der Waals surface area contributed by atoms with Crippen LogP contribution < -0.4 is 10.6 Å². The minimum absolute atomic E-state index is 0.197. The summed E-state index contributed by atoms with van der Waals surface area (Å²) in [5.74, 6) is 0.183. The Balaban J connectivity index is 1.41. The van der Waals surface area contributed by atoms with Gasteiger partial charge in [0, 0.05) is 29.8 Å². The number of benzene rings is 1. The second-order valence-corrected chi connectivity index (χ2v) is 7.37. The number of aromatic nitrogens is 4. The Bertz CT molecular complexity index is 1270. The molecule has 0 unspecified atom stereocenters. The summed E-state index contributed by atoms with van der Waals surface area (Å²) in [6.07, 6.45) is 1.58. The van der Waals surface area contributed by atoms with Crippen molar-refractivity contribution in [3.05, 3.63) is 83.3 Å². The van der Waals surface area contributed by atoms with Gasteiger partial charge in [-0.3, -0.25) is 19.0 Å². The molecule has 0 aliphatic carbocycles. The summed E-state index contributed by atoms with van der Waals surface area (Å²) >= 11 is 0. The molecule has 9 heteroatoms. The number of nitrogens with zero attached hydrogens (tertiary/aromatic N) is 4. The van der Waals surface area contributed by atoms with Gasteiger partial charge >= 0.3 is 0 Å². The molecule has 0 fully saturated rings. The summed E-state index contributed by atoms with van der Waals surface area (Å²) in [6, 6.07) is 14.0. The Kier molecular flexibility index (Phi) is 5.89. The maximum atomic E-state index is 12.6. The first-order valence-electron chi connectivity index (χ1n) is 10.3. The van der Waals surface area contributed by atoms with Crippen molar-refractivity contribution in [1.82, 2.24) is 19.6 Å². The van der Waals surface area contributed by atoms with E-state index in [1.54, 1.807) is 53.3 Å². The van der Waals surface area contributed by atoms with Crippen LogP contribution in [-0.2, 0) is 13.1 Å². The topological polar surface area (TPSA) is 107 Å². The van der Waals surface area contributed by atoms with E-state index in [1.165, 1.54) is 0 Å². The summed E-state index contributed by atoms with van der Waals surface area (Å²) in [4.78, 5) is 25.1. The van der Waals surface area contributed by atoms with Crippen molar-refractivity contribution in [3.63, 3.8) is 0 Å². The maximum Gasteiger partial charge on any atom is 0.291 e. The number of anilines is 2. The van der Waals surface area contributed by atoms with Gasteiger partial charge in [0.05, 0.1) is 12.2 Å². The molecule has 0 radical (unpaired) electrons. The van der Waals surface area contributed by atoms with Gasteiger partial charge < -0.3 is 15.1 Å². The number of hydrogen-bond acceptors (Lipinski definition) is 5. The maximum absolute atomic E-state index is 12.6. The van der Waals surface area contributed by atoms with Crippen LogP contribution in [0.15, 0.2) is 59.1 Å². The molecule has 164 valence electrons. The van der Waals surface area contributed by atoms with Gasteiger partial charge in [-0.15, -0.1) is 0 Å². The molecule has 4 aromatic rings. The molecule has 0 aliphatic rings. The van der Waals surface area contributed by atoms with E-state index in [2.05, 4.69) is 20.8 Å². The summed E-state index contributed by atoms with van der Waals surface area (Å²) in [6.45, 7) is 6.86. The number of rotatable bonds is 7. The zero-order valence-electron chi connectivity index (χ0n) is 18.1. The van der Waals surface area contributed by atoms with E-state index in [0.29, 0.717) is 35.9 Å². The Morgan fingerprint density at radius 3 is 2.41 bits per heavy atom. The highest BCUT2D eigenvalue weighted by Crippen LogP contribution is 2.18. The predicted octanol–water partition coefficient (Wildman–Crippen LogP) is 3.86. The number of aryl methyl sites for hydroxylation is 3. The van der Waals surface area contributed by atoms with E-state index in [9.17, 15) is 9.59 Å². The number of furan rings is 1. The lowest BCUT2D eigenvalue weighted by molar-refractivity contribution is 0.0992. The van der Waals surface area contributed by atoms with Crippen molar-refractivity contribution in [2.45, 2.75) is 33.9 Å². The van der Waals surface area contributed by atoms with Crippen molar-refractivity contribution in [1.29, 1.82) is 0 Å².